The number of pyridine rings is 1. The molecule has 138 valence electrons. The Bertz CT molecular complexity index is 1130. The van der Waals surface area contributed by atoms with Crippen LogP contribution in [0.5, 0.6) is 0 Å². The van der Waals surface area contributed by atoms with E-state index in [4.69, 9.17) is 11.6 Å². The Morgan fingerprint density at radius 3 is 2.61 bits per heavy atom. The molecule has 0 aliphatic rings. The Hall–Kier alpha value is -3.37. The predicted molar refractivity (Wildman–Crippen MR) is 114 cm³/mol. The number of carbonyl (C=O) groups is 1. The van der Waals surface area contributed by atoms with Crippen LogP contribution in [0, 0.1) is 0 Å². The van der Waals surface area contributed by atoms with E-state index in [0.717, 1.165) is 27.7 Å². The fourth-order valence-corrected chi connectivity index (χ4v) is 3.16. The topological polar surface area (TPSA) is 57.8 Å². The first-order chi connectivity index (χ1) is 13.7. The molecule has 0 radical (unpaired) electrons. The minimum Gasteiger partial charge on any atom is -0.348 e. The number of hydrogen-bond donors (Lipinski definition) is 2. The summed E-state index contributed by atoms with van der Waals surface area (Å²) in [6, 6.07) is 20.9. The first-order valence-corrected chi connectivity index (χ1v) is 9.30. The second-order valence-corrected chi connectivity index (χ2v) is 6.81. The second-order valence-electron chi connectivity index (χ2n) is 6.38. The van der Waals surface area contributed by atoms with Crippen molar-refractivity contribution in [3.8, 4) is 0 Å². The van der Waals surface area contributed by atoms with Crippen LogP contribution in [-0.4, -0.2) is 15.9 Å². The van der Waals surface area contributed by atoms with Gasteiger partial charge < -0.3 is 10.3 Å². The number of benzene rings is 2. The zero-order valence-corrected chi connectivity index (χ0v) is 15.8. The molecule has 2 N–H and O–H groups in total. The van der Waals surface area contributed by atoms with Gasteiger partial charge in [0, 0.05) is 40.5 Å². The third-order valence-corrected chi connectivity index (χ3v) is 4.73. The van der Waals surface area contributed by atoms with Gasteiger partial charge in [0.15, 0.2) is 0 Å². The van der Waals surface area contributed by atoms with Gasteiger partial charge in [0.05, 0.1) is 0 Å². The van der Waals surface area contributed by atoms with Crippen LogP contribution in [0.1, 0.15) is 16.7 Å². The van der Waals surface area contributed by atoms with Crippen molar-refractivity contribution < 1.29 is 4.79 Å². The van der Waals surface area contributed by atoms with Crippen molar-refractivity contribution in [1.29, 1.82) is 0 Å². The van der Waals surface area contributed by atoms with Crippen molar-refractivity contribution >= 4 is 40.2 Å². The van der Waals surface area contributed by atoms with E-state index >= 15 is 0 Å². The lowest BCUT2D eigenvalue weighted by molar-refractivity contribution is -0.115. The Kier molecular flexibility index (Phi) is 5.22. The molecule has 1 amide bonds. The molecule has 0 bridgehead atoms. The highest BCUT2D eigenvalue weighted by Crippen LogP contribution is 2.23. The van der Waals surface area contributed by atoms with Gasteiger partial charge in [-0.05, 0) is 41.5 Å². The van der Waals surface area contributed by atoms with Crippen molar-refractivity contribution in [2.24, 2.45) is 0 Å². The number of carbonyl (C=O) groups excluding carboxylic acids is 1. The molecule has 0 unspecified atom stereocenters. The lowest BCUT2D eigenvalue weighted by atomic mass is 10.0. The molecule has 0 aliphatic heterocycles. The van der Waals surface area contributed by atoms with E-state index in [9.17, 15) is 4.79 Å². The summed E-state index contributed by atoms with van der Waals surface area (Å²) in [6.07, 6.45) is 5.50. The summed E-state index contributed by atoms with van der Waals surface area (Å²) in [5.41, 5.74) is 4.15. The monoisotopic (exact) mass is 387 g/mol. The predicted octanol–water partition coefficient (Wildman–Crippen LogP) is 5.07. The fourth-order valence-electron chi connectivity index (χ4n) is 3.03. The minimum absolute atomic E-state index is 0.139. The van der Waals surface area contributed by atoms with Gasteiger partial charge in [-0.1, -0.05) is 54.1 Å². The molecule has 0 saturated heterocycles. The van der Waals surface area contributed by atoms with E-state index in [1.54, 1.807) is 6.20 Å². The number of fused-ring (bicyclic) bond motifs is 1. The summed E-state index contributed by atoms with van der Waals surface area (Å²) in [5.74, 6) is -0.139. The third-order valence-electron chi connectivity index (χ3n) is 4.48. The molecule has 4 rings (SSSR count). The fraction of sp³-hybridized carbons (Fsp3) is 0.0435. The van der Waals surface area contributed by atoms with E-state index in [2.05, 4.69) is 15.3 Å². The normalized spacial score (nSPS) is 11.5. The number of hydrogen-bond acceptors (Lipinski definition) is 2. The van der Waals surface area contributed by atoms with Crippen molar-refractivity contribution in [3.63, 3.8) is 0 Å². The number of H-pyrrole nitrogens is 1. The van der Waals surface area contributed by atoms with Gasteiger partial charge in [-0.2, -0.15) is 0 Å². The first kappa shape index (κ1) is 18.0. The van der Waals surface area contributed by atoms with Gasteiger partial charge in [0.25, 0.3) is 5.91 Å². The summed E-state index contributed by atoms with van der Waals surface area (Å²) < 4.78 is 0. The van der Waals surface area contributed by atoms with Crippen molar-refractivity contribution in [2.45, 2.75) is 6.54 Å². The van der Waals surface area contributed by atoms with Crippen LogP contribution in [0.3, 0.4) is 0 Å². The van der Waals surface area contributed by atoms with E-state index in [-0.39, 0.29) is 5.91 Å². The van der Waals surface area contributed by atoms with Gasteiger partial charge in [-0.25, -0.2) is 4.98 Å². The average Bonchev–Trinajstić information content (AvgIpc) is 3.15. The van der Waals surface area contributed by atoms with Gasteiger partial charge in [0.1, 0.15) is 5.65 Å². The summed E-state index contributed by atoms with van der Waals surface area (Å²) in [5, 5.41) is 4.65. The molecule has 5 heteroatoms. The summed E-state index contributed by atoms with van der Waals surface area (Å²) in [4.78, 5) is 20.5. The maximum absolute atomic E-state index is 13.0. The van der Waals surface area contributed by atoms with E-state index in [1.807, 2.05) is 79.0 Å². The zero-order valence-electron chi connectivity index (χ0n) is 15.0. The van der Waals surface area contributed by atoms with Crippen LogP contribution >= 0.6 is 11.6 Å². The largest absolute Gasteiger partial charge is 0.348 e. The standard InChI is InChI=1S/C23H18ClN3O/c24-19-10-8-16(9-11-19)14-27-23(28)21(17-5-2-1-3-6-17)13-18-15-26-22-20(18)7-4-12-25-22/h1-13,15H,14H2,(H,25,26)(H,27,28). The summed E-state index contributed by atoms with van der Waals surface area (Å²) >= 11 is 5.93. The number of aromatic amines is 1. The molecule has 4 nitrogen and oxygen atoms in total. The Labute approximate surface area is 167 Å². The number of rotatable bonds is 5. The molecule has 0 atom stereocenters. The van der Waals surface area contributed by atoms with Crippen molar-refractivity contribution in [1.82, 2.24) is 15.3 Å². The Morgan fingerprint density at radius 2 is 1.82 bits per heavy atom. The van der Waals surface area contributed by atoms with Crippen molar-refractivity contribution in [3.05, 3.63) is 101 Å². The highest BCUT2D eigenvalue weighted by molar-refractivity contribution is 6.30. The molecule has 2 aromatic carbocycles. The Balaban J connectivity index is 1.65. The molecule has 0 saturated carbocycles. The second kappa shape index (κ2) is 8.11. The zero-order chi connectivity index (χ0) is 19.3. The highest BCUT2D eigenvalue weighted by Gasteiger charge is 2.13. The number of amides is 1. The quantitative estimate of drug-likeness (QED) is 0.469. The highest BCUT2D eigenvalue weighted by atomic mass is 35.5. The smallest absolute Gasteiger partial charge is 0.252 e. The molecule has 28 heavy (non-hydrogen) atoms. The van der Waals surface area contributed by atoms with E-state index in [0.29, 0.717) is 17.1 Å². The van der Waals surface area contributed by atoms with Crippen LogP contribution in [0.15, 0.2) is 79.1 Å². The van der Waals surface area contributed by atoms with Crippen LogP contribution in [0.25, 0.3) is 22.7 Å². The van der Waals surface area contributed by atoms with Crippen LogP contribution in [-0.2, 0) is 11.3 Å². The maximum Gasteiger partial charge on any atom is 0.252 e. The van der Waals surface area contributed by atoms with Crippen molar-refractivity contribution in [2.75, 3.05) is 0 Å². The number of aromatic nitrogens is 2. The Morgan fingerprint density at radius 1 is 1.04 bits per heavy atom. The number of halogens is 1. The first-order valence-electron chi connectivity index (χ1n) is 8.92. The van der Waals surface area contributed by atoms with E-state index in [1.165, 1.54) is 0 Å². The van der Waals surface area contributed by atoms with Crippen LogP contribution < -0.4 is 5.32 Å². The minimum atomic E-state index is -0.139. The molecular formula is C23H18ClN3O. The van der Waals surface area contributed by atoms with Crippen LogP contribution in [0.2, 0.25) is 5.02 Å². The van der Waals surface area contributed by atoms with Gasteiger partial charge in [-0.15, -0.1) is 0 Å². The summed E-state index contributed by atoms with van der Waals surface area (Å²) in [6.45, 7) is 0.426. The van der Waals surface area contributed by atoms with E-state index < -0.39 is 0 Å². The molecule has 2 aromatic heterocycles. The molecule has 0 aliphatic carbocycles. The number of nitrogens with one attached hydrogen (secondary N) is 2. The molecule has 2 heterocycles. The maximum atomic E-state index is 13.0. The molecular weight excluding hydrogens is 370 g/mol. The van der Waals surface area contributed by atoms with Gasteiger partial charge >= 0.3 is 0 Å². The third kappa shape index (κ3) is 3.97. The van der Waals surface area contributed by atoms with Gasteiger partial charge in [-0.3, -0.25) is 4.79 Å². The van der Waals surface area contributed by atoms with Crippen LogP contribution in [0.4, 0.5) is 0 Å². The molecule has 0 fully saturated rings. The lowest BCUT2D eigenvalue weighted by Gasteiger charge is -2.10. The molecule has 4 aromatic rings. The lowest BCUT2D eigenvalue weighted by Crippen LogP contribution is -2.23. The number of nitrogens with zero attached hydrogens (tertiary/aromatic N) is 1. The summed E-state index contributed by atoms with van der Waals surface area (Å²) in [7, 11) is 0. The average molecular weight is 388 g/mol. The SMILES string of the molecule is O=C(NCc1ccc(Cl)cc1)C(=Cc1c[nH]c2ncccc12)c1ccccc1. The van der Waals surface area contributed by atoms with Gasteiger partial charge in [0.2, 0.25) is 0 Å². The molecule has 0 spiro atoms.